The number of ketones is 1. The minimum absolute atomic E-state index is 0.230. The molecule has 0 spiro atoms. The summed E-state index contributed by atoms with van der Waals surface area (Å²) >= 11 is 11.9. The van der Waals surface area contributed by atoms with E-state index in [0.717, 1.165) is 5.56 Å². The molecule has 0 atom stereocenters. The van der Waals surface area contributed by atoms with Crippen LogP contribution in [0.15, 0.2) is 30.9 Å². The Morgan fingerprint density at radius 3 is 2.59 bits per heavy atom. The number of carbonyl (C=O) groups excluding carboxylic acids is 1. The second-order valence-corrected chi connectivity index (χ2v) is 5.90. The van der Waals surface area contributed by atoms with Crippen LogP contribution in [0.2, 0.25) is 10.0 Å². The highest BCUT2D eigenvalue weighted by atomic mass is 35.5. The minimum Gasteiger partial charge on any atom is -0.371 e. The lowest BCUT2D eigenvalue weighted by Gasteiger charge is -2.22. The minimum atomic E-state index is -0.992. The molecular formula is C15H15Cl2N3O2. The second kappa shape index (κ2) is 6.60. The zero-order chi connectivity index (χ0) is 16.3. The van der Waals surface area contributed by atoms with E-state index in [1.807, 2.05) is 0 Å². The SMILES string of the molecule is COC(C)(C)C(=O)/C(=C/c1ccc(Cl)c(Cl)c1)n1cncn1. The van der Waals surface area contributed by atoms with Gasteiger partial charge in [0.2, 0.25) is 5.78 Å². The molecule has 2 aromatic rings. The molecular weight excluding hydrogens is 325 g/mol. The summed E-state index contributed by atoms with van der Waals surface area (Å²) in [4.78, 5) is 16.6. The predicted octanol–water partition coefficient (Wildman–Crippen LogP) is 3.58. The first-order valence-corrected chi connectivity index (χ1v) is 7.22. The van der Waals surface area contributed by atoms with Crippen LogP contribution >= 0.6 is 23.2 Å². The van der Waals surface area contributed by atoms with Gasteiger partial charge >= 0.3 is 0 Å². The summed E-state index contributed by atoms with van der Waals surface area (Å²) in [7, 11) is 1.48. The summed E-state index contributed by atoms with van der Waals surface area (Å²) in [5, 5.41) is 4.88. The molecule has 0 aliphatic carbocycles. The quantitative estimate of drug-likeness (QED) is 0.781. The first-order valence-electron chi connectivity index (χ1n) is 6.47. The van der Waals surface area contributed by atoms with E-state index in [1.165, 1.54) is 24.4 Å². The van der Waals surface area contributed by atoms with Crippen LogP contribution in [0.5, 0.6) is 0 Å². The van der Waals surface area contributed by atoms with Gasteiger partial charge in [-0.25, -0.2) is 9.67 Å². The van der Waals surface area contributed by atoms with Crippen molar-refractivity contribution in [2.75, 3.05) is 7.11 Å². The molecule has 2 rings (SSSR count). The smallest absolute Gasteiger partial charge is 0.212 e. The van der Waals surface area contributed by atoms with Crippen LogP contribution in [-0.2, 0) is 9.53 Å². The topological polar surface area (TPSA) is 57.0 Å². The second-order valence-electron chi connectivity index (χ2n) is 5.09. The van der Waals surface area contributed by atoms with Crippen LogP contribution in [0.25, 0.3) is 11.8 Å². The molecule has 0 saturated carbocycles. The Morgan fingerprint density at radius 1 is 1.32 bits per heavy atom. The Balaban J connectivity index is 2.51. The van der Waals surface area contributed by atoms with Crippen LogP contribution in [0.1, 0.15) is 19.4 Å². The van der Waals surface area contributed by atoms with Gasteiger partial charge < -0.3 is 4.74 Å². The normalized spacial score (nSPS) is 12.5. The van der Waals surface area contributed by atoms with E-state index in [4.69, 9.17) is 27.9 Å². The summed E-state index contributed by atoms with van der Waals surface area (Å²) in [5.41, 5.74) is 0.0523. The number of aromatic nitrogens is 3. The maximum Gasteiger partial charge on any atom is 0.212 e. The number of rotatable bonds is 5. The molecule has 0 aliphatic heterocycles. The van der Waals surface area contributed by atoms with Gasteiger partial charge in [0, 0.05) is 7.11 Å². The molecule has 0 radical (unpaired) electrons. The number of hydrogen-bond acceptors (Lipinski definition) is 4. The van der Waals surface area contributed by atoms with E-state index >= 15 is 0 Å². The number of methoxy groups -OCH3 is 1. The van der Waals surface area contributed by atoms with Crippen molar-refractivity contribution in [2.24, 2.45) is 0 Å². The Kier molecular flexibility index (Phi) is 5.01. The summed E-state index contributed by atoms with van der Waals surface area (Å²) in [5.74, 6) is -0.230. The van der Waals surface area contributed by atoms with Crippen LogP contribution < -0.4 is 0 Å². The number of nitrogens with zero attached hydrogens (tertiary/aromatic N) is 3. The Hall–Kier alpha value is -1.69. The third kappa shape index (κ3) is 3.55. The molecule has 0 fully saturated rings. The number of ether oxygens (including phenoxy) is 1. The fourth-order valence-electron chi connectivity index (χ4n) is 1.73. The van der Waals surface area contributed by atoms with Crippen molar-refractivity contribution in [3.05, 3.63) is 46.5 Å². The maximum absolute atomic E-state index is 12.7. The van der Waals surface area contributed by atoms with Crippen molar-refractivity contribution in [3.8, 4) is 0 Å². The third-order valence-corrected chi connectivity index (χ3v) is 3.94. The zero-order valence-corrected chi connectivity index (χ0v) is 13.9. The standard InChI is InChI=1S/C15H15Cl2N3O2/c1-15(2,22-3)14(21)13(20-9-18-8-19-20)7-10-4-5-11(16)12(17)6-10/h4-9H,1-3H3/b13-7-. The van der Waals surface area contributed by atoms with E-state index < -0.39 is 5.60 Å². The van der Waals surface area contributed by atoms with Gasteiger partial charge in [0.1, 0.15) is 24.0 Å². The van der Waals surface area contributed by atoms with Gasteiger partial charge in [0.25, 0.3) is 0 Å². The van der Waals surface area contributed by atoms with Gasteiger partial charge in [-0.3, -0.25) is 4.79 Å². The molecule has 0 saturated heterocycles. The fourth-order valence-corrected chi connectivity index (χ4v) is 2.04. The summed E-state index contributed by atoms with van der Waals surface area (Å²) in [6, 6.07) is 5.10. The molecule has 0 unspecified atom stereocenters. The molecule has 0 amide bonds. The van der Waals surface area contributed by atoms with Crippen molar-refractivity contribution < 1.29 is 9.53 Å². The molecule has 116 valence electrons. The number of carbonyl (C=O) groups is 1. The zero-order valence-electron chi connectivity index (χ0n) is 12.4. The Morgan fingerprint density at radius 2 is 2.05 bits per heavy atom. The number of hydrogen-bond donors (Lipinski definition) is 0. The molecule has 22 heavy (non-hydrogen) atoms. The molecule has 0 N–H and O–H groups in total. The van der Waals surface area contributed by atoms with Gasteiger partial charge in [0.15, 0.2) is 0 Å². The number of Topliss-reactive ketones (excluding diaryl/α,β-unsaturated/α-hetero) is 1. The summed E-state index contributed by atoms with van der Waals surface area (Å²) in [6.45, 7) is 3.38. The first-order chi connectivity index (χ1) is 10.3. The molecule has 7 heteroatoms. The lowest BCUT2D eigenvalue weighted by molar-refractivity contribution is -0.131. The van der Waals surface area contributed by atoms with Gasteiger partial charge in [-0.15, -0.1) is 0 Å². The van der Waals surface area contributed by atoms with E-state index in [2.05, 4.69) is 10.1 Å². The van der Waals surface area contributed by atoms with E-state index in [0.29, 0.717) is 15.7 Å². The Labute approximate surface area is 138 Å². The molecule has 1 heterocycles. The monoisotopic (exact) mass is 339 g/mol. The van der Waals surface area contributed by atoms with Gasteiger partial charge in [0.05, 0.1) is 10.0 Å². The predicted molar refractivity (Wildman–Crippen MR) is 86.7 cm³/mol. The van der Waals surface area contributed by atoms with Crippen LogP contribution in [0.4, 0.5) is 0 Å². The van der Waals surface area contributed by atoms with Crippen molar-refractivity contribution in [3.63, 3.8) is 0 Å². The fraction of sp³-hybridized carbons (Fsp3) is 0.267. The average Bonchev–Trinajstić information content (AvgIpc) is 3.01. The van der Waals surface area contributed by atoms with E-state index in [9.17, 15) is 4.79 Å². The molecule has 5 nitrogen and oxygen atoms in total. The van der Waals surface area contributed by atoms with E-state index in [1.54, 1.807) is 38.1 Å². The molecule has 1 aromatic carbocycles. The van der Waals surface area contributed by atoms with Crippen molar-refractivity contribution >= 4 is 40.8 Å². The lowest BCUT2D eigenvalue weighted by Crippen LogP contribution is -2.35. The largest absolute Gasteiger partial charge is 0.371 e. The van der Waals surface area contributed by atoms with Gasteiger partial charge in [-0.05, 0) is 37.6 Å². The summed E-state index contributed by atoms with van der Waals surface area (Å²) < 4.78 is 6.65. The van der Waals surface area contributed by atoms with E-state index in [-0.39, 0.29) is 5.78 Å². The molecule has 0 bridgehead atoms. The highest BCUT2D eigenvalue weighted by Gasteiger charge is 2.31. The van der Waals surface area contributed by atoms with Crippen molar-refractivity contribution in [1.82, 2.24) is 14.8 Å². The van der Waals surface area contributed by atoms with Crippen LogP contribution in [0.3, 0.4) is 0 Å². The number of halogens is 2. The lowest BCUT2D eigenvalue weighted by atomic mass is 9.99. The first kappa shape index (κ1) is 16.7. The van der Waals surface area contributed by atoms with Crippen molar-refractivity contribution in [2.45, 2.75) is 19.4 Å². The molecule has 0 aliphatic rings. The summed E-state index contributed by atoms with van der Waals surface area (Å²) in [6.07, 6.45) is 4.47. The number of benzene rings is 1. The van der Waals surface area contributed by atoms with Crippen molar-refractivity contribution in [1.29, 1.82) is 0 Å². The Bertz CT molecular complexity index is 710. The highest BCUT2D eigenvalue weighted by molar-refractivity contribution is 6.42. The average molecular weight is 340 g/mol. The molecule has 1 aromatic heterocycles. The van der Waals surface area contributed by atoms with Crippen LogP contribution in [-0.4, -0.2) is 33.3 Å². The highest BCUT2D eigenvalue weighted by Crippen LogP contribution is 2.26. The van der Waals surface area contributed by atoms with Gasteiger partial charge in [-0.2, -0.15) is 5.10 Å². The third-order valence-electron chi connectivity index (χ3n) is 3.20. The van der Waals surface area contributed by atoms with Gasteiger partial charge in [-0.1, -0.05) is 29.3 Å². The van der Waals surface area contributed by atoms with Crippen LogP contribution in [0, 0.1) is 0 Å². The maximum atomic E-state index is 12.7.